The molecule has 0 aliphatic heterocycles. The molecule has 0 radical (unpaired) electrons. The Labute approximate surface area is 181 Å². The number of aryl methyl sites for hydroxylation is 1. The van der Waals surface area contributed by atoms with Crippen molar-refractivity contribution in [1.29, 1.82) is 5.26 Å². The van der Waals surface area contributed by atoms with Gasteiger partial charge < -0.3 is 10.1 Å². The van der Waals surface area contributed by atoms with Crippen molar-refractivity contribution in [3.8, 4) is 11.8 Å². The van der Waals surface area contributed by atoms with Crippen LogP contribution in [0.15, 0.2) is 78.4 Å². The number of anilines is 1. The Morgan fingerprint density at radius 1 is 1.03 bits per heavy atom. The molecular formula is C25H21ClN2O2. The van der Waals surface area contributed by atoms with Crippen LogP contribution >= 0.6 is 11.6 Å². The average molecular weight is 417 g/mol. The molecule has 0 aromatic heterocycles. The minimum absolute atomic E-state index is 0.00268. The maximum Gasteiger partial charge on any atom is 0.266 e. The zero-order chi connectivity index (χ0) is 21.3. The second-order valence-corrected chi connectivity index (χ2v) is 7.06. The molecular weight excluding hydrogens is 396 g/mol. The molecule has 0 saturated carbocycles. The summed E-state index contributed by atoms with van der Waals surface area (Å²) >= 11 is 5.91. The highest BCUT2D eigenvalue weighted by atomic mass is 35.5. The zero-order valence-electron chi connectivity index (χ0n) is 16.6. The summed E-state index contributed by atoms with van der Waals surface area (Å²) in [7, 11) is 0. The Kier molecular flexibility index (Phi) is 7.26. The molecule has 0 fully saturated rings. The van der Waals surface area contributed by atoms with E-state index < -0.39 is 5.91 Å². The number of benzene rings is 3. The third-order valence-electron chi connectivity index (χ3n) is 4.51. The second-order valence-electron chi connectivity index (χ2n) is 6.63. The van der Waals surface area contributed by atoms with Gasteiger partial charge in [-0.05, 0) is 54.0 Å². The van der Waals surface area contributed by atoms with Crippen LogP contribution in [0.5, 0.6) is 5.75 Å². The van der Waals surface area contributed by atoms with Gasteiger partial charge >= 0.3 is 0 Å². The van der Waals surface area contributed by atoms with Crippen LogP contribution in [-0.4, -0.2) is 5.91 Å². The van der Waals surface area contributed by atoms with Gasteiger partial charge in [0.05, 0.1) is 0 Å². The Balaban J connectivity index is 1.75. The van der Waals surface area contributed by atoms with E-state index in [2.05, 4.69) is 12.2 Å². The first-order valence-electron chi connectivity index (χ1n) is 9.57. The molecule has 150 valence electrons. The van der Waals surface area contributed by atoms with E-state index in [1.807, 2.05) is 54.6 Å². The van der Waals surface area contributed by atoms with Crippen LogP contribution in [0.4, 0.5) is 5.69 Å². The van der Waals surface area contributed by atoms with Gasteiger partial charge in [0.1, 0.15) is 24.0 Å². The highest BCUT2D eigenvalue weighted by Crippen LogP contribution is 2.23. The lowest BCUT2D eigenvalue weighted by molar-refractivity contribution is -0.112. The summed E-state index contributed by atoms with van der Waals surface area (Å²) in [6.45, 7) is 2.41. The molecule has 5 heteroatoms. The third kappa shape index (κ3) is 5.73. The van der Waals surface area contributed by atoms with E-state index in [-0.39, 0.29) is 5.57 Å². The van der Waals surface area contributed by atoms with Crippen LogP contribution in [0.2, 0.25) is 5.02 Å². The number of nitriles is 1. The maximum atomic E-state index is 12.6. The molecule has 4 nitrogen and oxygen atoms in total. The monoisotopic (exact) mass is 416 g/mol. The van der Waals surface area contributed by atoms with Gasteiger partial charge in [-0.3, -0.25) is 4.79 Å². The standard InChI is InChI=1S/C25H21ClN2O2/c1-2-18-9-13-23(14-10-18)28-25(29)21(16-27)15-20-5-3-4-6-24(20)30-17-19-7-11-22(26)12-8-19/h3-15H,2,17H2,1H3,(H,28,29)/b21-15+. The van der Waals surface area contributed by atoms with Crippen molar-refractivity contribution in [3.05, 3.63) is 100 Å². The number of para-hydroxylation sites is 1. The Morgan fingerprint density at radius 3 is 2.37 bits per heavy atom. The number of carbonyl (C=O) groups excluding carboxylic acids is 1. The quantitative estimate of drug-likeness (QED) is 0.378. The Morgan fingerprint density at radius 2 is 1.70 bits per heavy atom. The molecule has 0 aliphatic rings. The van der Waals surface area contributed by atoms with E-state index in [1.54, 1.807) is 24.3 Å². The minimum atomic E-state index is -0.464. The topological polar surface area (TPSA) is 62.1 Å². The summed E-state index contributed by atoms with van der Waals surface area (Å²) in [5.74, 6) is 0.120. The molecule has 0 heterocycles. The van der Waals surface area contributed by atoms with Gasteiger partial charge in [-0.25, -0.2) is 0 Å². The van der Waals surface area contributed by atoms with Crippen molar-refractivity contribution in [3.63, 3.8) is 0 Å². The largest absolute Gasteiger partial charge is 0.488 e. The molecule has 0 atom stereocenters. The fraction of sp³-hybridized carbons (Fsp3) is 0.120. The van der Waals surface area contributed by atoms with Gasteiger partial charge in [0.15, 0.2) is 0 Å². The molecule has 3 rings (SSSR count). The summed E-state index contributed by atoms with van der Waals surface area (Å²) in [4.78, 5) is 12.6. The Hall–Kier alpha value is -3.55. The molecule has 0 bridgehead atoms. The number of hydrogen-bond donors (Lipinski definition) is 1. The smallest absolute Gasteiger partial charge is 0.266 e. The van der Waals surface area contributed by atoms with Gasteiger partial charge in [-0.1, -0.05) is 61.0 Å². The van der Waals surface area contributed by atoms with E-state index in [4.69, 9.17) is 16.3 Å². The fourth-order valence-corrected chi connectivity index (χ4v) is 2.93. The summed E-state index contributed by atoms with van der Waals surface area (Å²) in [6, 6.07) is 24.2. The van der Waals surface area contributed by atoms with E-state index in [0.717, 1.165) is 12.0 Å². The molecule has 0 spiro atoms. The number of amides is 1. The van der Waals surface area contributed by atoms with E-state index >= 15 is 0 Å². The summed E-state index contributed by atoms with van der Waals surface area (Å²) in [5.41, 5.74) is 3.44. The lowest BCUT2D eigenvalue weighted by Crippen LogP contribution is -2.13. The molecule has 1 N–H and O–H groups in total. The van der Waals surface area contributed by atoms with Crippen LogP contribution in [0.1, 0.15) is 23.6 Å². The first kappa shape index (κ1) is 21.2. The number of rotatable bonds is 7. The molecule has 0 unspecified atom stereocenters. The number of halogens is 1. The van der Waals surface area contributed by atoms with Gasteiger partial charge in [-0.15, -0.1) is 0 Å². The number of carbonyl (C=O) groups is 1. The summed E-state index contributed by atoms with van der Waals surface area (Å²) < 4.78 is 5.90. The number of nitrogens with one attached hydrogen (secondary N) is 1. The molecule has 1 amide bonds. The first-order valence-corrected chi connectivity index (χ1v) is 9.95. The minimum Gasteiger partial charge on any atom is -0.488 e. The van der Waals surface area contributed by atoms with E-state index in [9.17, 15) is 10.1 Å². The van der Waals surface area contributed by atoms with Gasteiger partial charge in [0.25, 0.3) is 5.91 Å². The van der Waals surface area contributed by atoms with Crippen molar-refractivity contribution in [2.45, 2.75) is 20.0 Å². The van der Waals surface area contributed by atoms with Crippen molar-refractivity contribution in [2.24, 2.45) is 0 Å². The summed E-state index contributed by atoms with van der Waals surface area (Å²) in [5, 5.41) is 12.9. The predicted molar refractivity (Wildman–Crippen MR) is 120 cm³/mol. The maximum absolute atomic E-state index is 12.6. The van der Waals surface area contributed by atoms with Crippen LogP contribution in [-0.2, 0) is 17.8 Å². The van der Waals surface area contributed by atoms with Crippen LogP contribution in [0, 0.1) is 11.3 Å². The fourth-order valence-electron chi connectivity index (χ4n) is 2.80. The highest BCUT2D eigenvalue weighted by molar-refractivity contribution is 6.30. The predicted octanol–water partition coefficient (Wildman–Crippen LogP) is 6.03. The lowest BCUT2D eigenvalue weighted by atomic mass is 10.1. The van der Waals surface area contributed by atoms with Crippen LogP contribution < -0.4 is 10.1 Å². The number of nitrogens with zero attached hydrogens (tertiary/aromatic N) is 1. The highest BCUT2D eigenvalue weighted by Gasteiger charge is 2.11. The van der Waals surface area contributed by atoms with Crippen molar-refractivity contribution >= 4 is 29.3 Å². The zero-order valence-corrected chi connectivity index (χ0v) is 17.3. The third-order valence-corrected chi connectivity index (χ3v) is 4.76. The second kappa shape index (κ2) is 10.3. The SMILES string of the molecule is CCc1ccc(NC(=O)/C(C#N)=C/c2ccccc2OCc2ccc(Cl)cc2)cc1. The molecule has 3 aromatic rings. The van der Waals surface area contributed by atoms with Gasteiger partial charge in [0, 0.05) is 16.3 Å². The number of hydrogen-bond acceptors (Lipinski definition) is 3. The van der Waals surface area contributed by atoms with E-state index in [1.165, 1.54) is 11.6 Å². The van der Waals surface area contributed by atoms with Crippen molar-refractivity contribution < 1.29 is 9.53 Å². The molecule has 0 aliphatic carbocycles. The van der Waals surface area contributed by atoms with Crippen molar-refractivity contribution in [2.75, 3.05) is 5.32 Å². The van der Waals surface area contributed by atoms with Crippen LogP contribution in [0.25, 0.3) is 6.08 Å². The normalized spacial score (nSPS) is 10.9. The number of ether oxygens (including phenoxy) is 1. The molecule has 3 aromatic carbocycles. The Bertz CT molecular complexity index is 1080. The lowest BCUT2D eigenvalue weighted by Gasteiger charge is -2.10. The molecule has 0 saturated heterocycles. The average Bonchev–Trinajstić information content (AvgIpc) is 2.78. The van der Waals surface area contributed by atoms with Gasteiger partial charge in [-0.2, -0.15) is 5.26 Å². The van der Waals surface area contributed by atoms with Gasteiger partial charge in [0.2, 0.25) is 0 Å². The van der Waals surface area contributed by atoms with Crippen molar-refractivity contribution in [1.82, 2.24) is 0 Å². The van der Waals surface area contributed by atoms with E-state index in [0.29, 0.717) is 28.6 Å². The summed E-state index contributed by atoms with van der Waals surface area (Å²) in [6.07, 6.45) is 2.46. The van der Waals surface area contributed by atoms with Crippen LogP contribution in [0.3, 0.4) is 0 Å². The molecule has 30 heavy (non-hydrogen) atoms. The first-order chi connectivity index (χ1) is 14.6.